The second-order valence-corrected chi connectivity index (χ2v) is 10.5. The molecule has 2 aromatic carbocycles. The van der Waals surface area contributed by atoms with E-state index >= 15 is 0 Å². The zero-order valence-electron chi connectivity index (χ0n) is 24.5. The Labute approximate surface area is 251 Å². The average Bonchev–Trinajstić information content (AvgIpc) is 3.50. The van der Waals surface area contributed by atoms with Gasteiger partial charge in [-0.1, -0.05) is 37.3 Å². The van der Waals surface area contributed by atoms with Gasteiger partial charge in [0, 0.05) is 49.8 Å². The molecule has 1 aromatic heterocycles. The second-order valence-electron chi connectivity index (χ2n) is 10.5. The van der Waals surface area contributed by atoms with Gasteiger partial charge in [-0.2, -0.15) is 0 Å². The number of aromatic amines is 1. The predicted molar refractivity (Wildman–Crippen MR) is 160 cm³/mol. The molecule has 0 fully saturated rings. The van der Waals surface area contributed by atoms with Crippen LogP contribution in [0.4, 0.5) is 5.69 Å². The molecular formula is C31H39N7O5. The highest BCUT2D eigenvalue weighted by atomic mass is 16.5. The molecule has 12 heteroatoms. The number of amides is 3. The van der Waals surface area contributed by atoms with Crippen molar-refractivity contribution in [3.63, 3.8) is 0 Å². The summed E-state index contributed by atoms with van der Waals surface area (Å²) >= 11 is 0. The molecule has 0 bridgehead atoms. The maximum Gasteiger partial charge on any atom is 0.308 e. The summed E-state index contributed by atoms with van der Waals surface area (Å²) in [6, 6.07) is 13.6. The van der Waals surface area contributed by atoms with Crippen molar-refractivity contribution in [1.29, 1.82) is 0 Å². The van der Waals surface area contributed by atoms with E-state index in [1.807, 2.05) is 37.3 Å². The summed E-state index contributed by atoms with van der Waals surface area (Å²) in [6.07, 6.45) is 4.23. The molecule has 1 aliphatic rings. The third-order valence-corrected chi connectivity index (χ3v) is 7.33. The number of ether oxygens (including phenoxy) is 1. The van der Waals surface area contributed by atoms with E-state index in [0.29, 0.717) is 49.6 Å². The standard InChI is InChI=1S/C31H39N7O5/c1-3-24(32)29(40)35-12-7-15-37-19-23-16-22(10-11-25(23)36-26(31(37)42)17-28(39)43-2)30(41)38(20-27-33-13-14-34-27)18-21-8-5-4-6-9-21/h4-6,8-11,13-14,16,24,26,36H,3,7,12,15,17-20,32H2,1-2H3,(H,33,34)(H,35,40)/t24-,26+/m0/s1. The Morgan fingerprint density at radius 1 is 1.19 bits per heavy atom. The highest BCUT2D eigenvalue weighted by Gasteiger charge is 2.32. The fourth-order valence-electron chi connectivity index (χ4n) is 4.88. The van der Waals surface area contributed by atoms with Gasteiger partial charge in [0.05, 0.1) is 26.1 Å². The van der Waals surface area contributed by atoms with Crippen molar-refractivity contribution in [2.45, 2.75) is 57.9 Å². The van der Waals surface area contributed by atoms with Crippen LogP contribution in [0, 0.1) is 0 Å². The van der Waals surface area contributed by atoms with E-state index in [-0.39, 0.29) is 37.2 Å². The van der Waals surface area contributed by atoms with Crippen molar-refractivity contribution >= 4 is 29.4 Å². The van der Waals surface area contributed by atoms with Gasteiger partial charge in [-0.05, 0) is 42.2 Å². The molecule has 228 valence electrons. The van der Waals surface area contributed by atoms with Crippen molar-refractivity contribution in [3.8, 4) is 0 Å². The number of carbonyl (C=O) groups is 4. The highest BCUT2D eigenvalue weighted by molar-refractivity contribution is 5.96. The molecule has 3 aromatic rings. The summed E-state index contributed by atoms with van der Waals surface area (Å²) in [5.74, 6) is -0.551. The van der Waals surface area contributed by atoms with E-state index in [2.05, 4.69) is 20.6 Å². The fraction of sp³-hybridized carbons (Fsp3) is 0.387. The van der Waals surface area contributed by atoms with Gasteiger partial charge in [0.1, 0.15) is 11.9 Å². The molecule has 5 N–H and O–H groups in total. The summed E-state index contributed by atoms with van der Waals surface area (Å²) in [5, 5.41) is 5.99. The monoisotopic (exact) mass is 589 g/mol. The summed E-state index contributed by atoms with van der Waals surface area (Å²) in [7, 11) is 1.28. The minimum Gasteiger partial charge on any atom is -0.469 e. The van der Waals surface area contributed by atoms with E-state index in [4.69, 9.17) is 10.5 Å². The molecule has 0 unspecified atom stereocenters. The Hall–Kier alpha value is -4.71. The number of carbonyl (C=O) groups excluding carboxylic acids is 4. The molecular weight excluding hydrogens is 550 g/mol. The SMILES string of the molecule is CC[C@H](N)C(=O)NCCCN1Cc2cc(C(=O)N(Cc3ccccc3)Cc3ncc[nH]3)ccc2N[C@H](CC(=O)OC)C1=O. The first-order chi connectivity index (χ1) is 20.8. The Morgan fingerprint density at radius 3 is 2.67 bits per heavy atom. The van der Waals surface area contributed by atoms with Gasteiger partial charge in [-0.15, -0.1) is 0 Å². The van der Waals surface area contributed by atoms with Crippen molar-refractivity contribution < 1.29 is 23.9 Å². The minimum atomic E-state index is -0.841. The zero-order chi connectivity index (χ0) is 30.8. The van der Waals surface area contributed by atoms with Crippen LogP contribution < -0.4 is 16.4 Å². The molecule has 12 nitrogen and oxygen atoms in total. The number of benzene rings is 2. The fourth-order valence-corrected chi connectivity index (χ4v) is 4.88. The number of anilines is 1. The lowest BCUT2D eigenvalue weighted by atomic mass is 10.1. The van der Waals surface area contributed by atoms with E-state index in [1.54, 1.807) is 40.4 Å². The number of H-pyrrole nitrogens is 1. The molecule has 2 heterocycles. The van der Waals surface area contributed by atoms with E-state index in [0.717, 1.165) is 11.1 Å². The first-order valence-electron chi connectivity index (χ1n) is 14.4. The number of hydrogen-bond acceptors (Lipinski definition) is 8. The first kappa shape index (κ1) is 31.2. The van der Waals surface area contributed by atoms with Gasteiger partial charge < -0.3 is 35.9 Å². The van der Waals surface area contributed by atoms with Crippen molar-refractivity contribution in [2.75, 3.05) is 25.5 Å². The van der Waals surface area contributed by atoms with Gasteiger partial charge in [0.2, 0.25) is 11.8 Å². The van der Waals surface area contributed by atoms with Gasteiger partial charge in [0.25, 0.3) is 5.91 Å². The van der Waals surface area contributed by atoms with Crippen LogP contribution in [-0.2, 0) is 38.8 Å². The third-order valence-electron chi connectivity index (χ3n) is 7.33. The van der Waals surface area contributed by atoms with Crippen LogP contribution >= 0.6 is 0 Å². The summed E-state index contributed by atoms with van der Waals surface area (Å²) in [4.78, 5) is 62.3. The molecule has 0 aliphatic carbocycles. The average molecular weight is 590 g/mol. The number of nitrogens with two attached hydrogens (primary N) is 1. The van der Waals surface area contributed by atoms with Crippen LogP contribution in [-0.4, -0.2) is 75.7 Å². The maximum atomic E-state index is 13.9. The molecule has 0 saturated heterocycles. The Morgan fingerprint density at radius 2 is 1.98 bits per heavy atom. The lowest BCUT2D eigenvalue weighted by Gasteiger charge is -2.24. The number of aromatic nitrogens is 2. The first-order valence-corrected chi connectivity index (χ1v) is 14.4. The number of methoxy groups -OCH3 is 1. The molecule has 0 radical (unpaired) electrons. The second kappa shape index (κ2) is 15.0. The summed E-state index contributed by atoms with van der Waals surface area (Å²) in [5.41, 5.74) is 8.63. The van der Waals surface area contributed by atoms with Gasteiger partial charge in [-0.3, -0.25) is 19.2 Å². The molecule has 0 spiro atoms. The number of imidazole rings is 1. The van der Waals surface area contributed by atoms with Crippen LogP contribution in [0.3, 0.4) is 0 Å². The number of fused-ring (bicyclic) bond motifs is 1. The lowest BCUT2D eigenvalue weighted by molar-refractivity contribution is -0.144. The molecule has 0 saturated carbocycles. The zero-order valence-corrected chi connectivity index (χ0v) is 24.5. The molecule has 43 heavy (non-hydrogen) atoms. The van der Waals surface area contributed by atoms with Crippen LogP contribution in [0.2, 0.25) is 0 Å². The van der Waals surface area contributed by atoms with E-state index in [1.165, 1.54) is 7.11 Å². The third kappa shape index (κ3) is 8.41. The molecule has 3 amide bonds. The van der Waals surface area contributed by atoms with Gasteiger partial charge in [-0.25, -0.2) is 4.98 Å². The minimum absolute atomic E-state index is 0.151. The Balaban J connectivity index is 1.56. The van der Waals surface area contributed by atoms with Crippen molar-refractivity contribution in [2.24, 2.45) is 5.73 Å². The Kier molecular flexibility index (Phi) is 10.9. The molecule has 2 atom stereocenters. The van der Waals surface area contributed by atoms with E-state index in [9.17, 15) is 19.2 Å². The highest BCUT2D eigenvalue weighted by Crippen LogP contribution is 2.27. The van der Waals surface area contributed by atoms with Gasteiger partial charge >= 0.3 is 5.97 Å². The van der Waals surface area contributed by atoms with E-state index < -0.39 is 18.1 Å². The van der Waals surface area contributed by atoms with Crippen LogP contribution in [0.5, 0.6) is 0 Å². The predicted octanol–water partition coefficient (Wildman–Crippen LogP) is 2.18. The number of nitrogens with one attached hydrogen (secondary N) is 3. The maximum absolute atomic E-state index is 13.9. The number of esters is 1. The normalized spacial score (nSPS) is 15.1. The Bertz CT molecular complexity index is 1400. The van der Waals surface area contributed by atoms with Crippen molar-refractivity contribution in [1.82, 2.24) is 25.1 Å². The molecule has 4 rings (SSSR count). The lowest BCUT2D eigenvalue weighted by Crippen LogP contribution is -2.44. The topological polar surface area (TPSA) is 163 Å². The number of rotatable bonds is 13. The van der Waals surface area contributed by atoms with Gasteiger partial charge in [0.15, 0.2) is 0 Å². The van der Waals surface area contributed by atoms with Crippen LogP contribution in [0.25, 0.3) is 0 Å². The number of hydrogen-bond donors (Lipinski definition) is 4. The quantitative estimate of drug-likeness (QED) is 0.174. The van der Waals surface area contributed by atoms with Crippen LogP contribution in [0.1, 0.15) is 53.5 Å². The summed E-state index contributed by atoms with van der Waals surface area (Å²) < 4.78 is 4.83. The van der Waals surface area contributed by atoms with Crippen LogP contribution in [0.15, 0.2) is 60.9 Å². The summed E-state index contributed by atoms with van der Waals surface area (Å²) in [6.45, 7) is 3.40. The van der Waals surface area contributed by atoms with Crippen molar-refractivity contribution in [3.05, 3.63) is 83.4 Å². The number of nitrogens with zero attached hydrogens (tertiary/aromatic N) is 3. The smallest absolute Gasteiger partial charge is 0.308 e. The largest absolute Gasteiger partial charge is 0.469 e. The molecule has 1 aliphatic heterocycles.